The maximum absolute atomic E-state index is 11.4. The molecule has 0 spiro atoms. The topological polar surface area (TPSA) is 56.1 Å². The summed E-state index contributed by atoms with van der Waals surface area (Å²) in [6.07, 6.45) is 3.25. The summed E-state index contributed by atoms with van der Waals surface area (Å²) in [6, 6.07) is 0. The van der Waals surface area contributed by atoms with Crippen molar-refractivity contribution < 1.29 is 9.53 Å². The van der Waals surface area contributed by atoms with Gasteiger partial charge in [0.2, 0.25) is 0 Å². The summed E-state index contributed by atoms with van der Waals surface area (Å²) in [5.74, 6) is -0.0641. The first-order chi connectivity index (χ1) is 8.01. The number of imidazole rings is 1. The Balaban J connectivity index is 2.84. The molecule has 1 N–H and O–H groups in total. The Bertz CT molecular complexity index is 356. The van der Waals surface area contributed by atoms with Gasteiger partial charge in [-0.1, -0.05) is 23.2 Å². The molecule has 1 rings (SSSR count). The molecule has 1 aromatic heterocycles. The van der Waals surface area contributed by atoms with Crippen molar-refractivity contribution in [3.05, 3.63) is 18.7 Å². The summed E-state index contributed by atoms with van der Waals surface area (Å²) in [4.78, 5) is 15.2. The number of carbonyl (C=O) groups excluding carboxylic acids is 1. The number of alkyl halides is 3. The van der Waals surface area contributed by atoms with E-state index in [1.54, 1.807) is 17.7 Å². The zero-order valence-electron chi connectivity index (χ0n) is 9.07. The van der Waals surface area contributed by atoms with Crippen LogP contribution >= 0.6 is 34.8 Å². The molecule has 1 heterocycles. The number of carbonyl (C=O) groups is 1. The number of hydrogen-bond acceptors (Lipinski definition) is 3. The first-order valence-electron chi connectivity index (χ1n) is 4.85. The van der Waals surface area contributed by atoms with Gasteiger partial charge in [0.05, 0.1) is 18.8 Å². The average Bonchev–Trinajstić information content (AvgIpc) is 2.79. The molecule has 1 atom stereocenters. The third kappa shape index (κ3) is 3.94. The summed E-state index contributed by atoms with van der Waals surface area (Å²) >= 11 is 17.7. The Labute approximate surface area is 114 Å². The van der Waals surface area contributed by atoms with Crippen molar-refractivity contribution in [1.82, 2.24) is 14.9 Å². The number of amides is 1. The number of alkyl carbamates (subject to hydrolysis) is 1. The first-order valence-corrected chi connectivity index (χ1v) is 6.14. The summed E-state index contributed by atoms with van der Waals surface area (Å²) < 4.78 is 4.94. The maximum atomic E-state index is 11.4. The van der Waals surface area contributed by atoms with Crippen molar-refractivity contribution in [1.29, 1.82) is 0 Å². The molecular formula is C9H12Cl3N3O2. The van der Waals surface area contributed by atoms with Crippen LogP contribution in [0.3, 0.4) is 0 Å². The Morgan fingerprint density at radius 3 is 2.82 bits per heavy atom. The van der Waals surface area contributed by atoms with Crippen LogP contribution in [-0.4, -0.2) is 32.5 Å². The van der Waals surface area contributed by atoms with Crippen LogP contribution in [0, 0.1) is 0 Å². The second kappa shape index (κ2) is 6.33. The minimum Gasteiger partial charge on any atom is -0.450 e. The van der Waals surface area contributed by atoms with Crippen molar-refractivity contribution in [2.45, 2.75) is 17.4 Å². The molecule has 8 heteroatoms. The second-order valence-corrected chi connectivity index (χ2v) is 4.98. The van der Waals surface area contributed by atoms with Gasteiger partial charge in [-0.3, -0.25) is 5.32 Å². The highest BCUT2D eigenvalue weighted by atomic mass is 35.5. The fraction of sp³-hybridized carbons (Fsp3) is 0.556. The van der Waals surface area contributed by atoms with E-state index < -0.39 is 16.6 Å². The minimum atomic E-state index is -1.37. The Hall–Kier alpha value is -0.650. The van der Waals surface area contributed by atoms with Gasteiger partial charge in [-0.15, -0.1) is 11.6 Å². The summed E-state index contributed by atoms with van der Waals surface area (Å²) in [5.41, 5.74) is 0. The van der Waals surface area contributed by atoms with Crippen molar-refractivity contribution in [3.8, 4) is 0 Å². The summed E-state index contributed by atoms with van der Waals surface area (Å²) in [7, 11) is 0. The van der Waals surface area contributed by atoms with Crippen molar-refractivity contribution in [2.75, 3.05) is 12.5 Å². The molecule has 0 aliphatic carbocycles. The van der Waals surface area contributed by atoms with Crippen LogP contribution in [0.4, 0.5) is 4.79 Å². The van der Waals surface area contributed by atoms with E-state index in [1.165, 1.54) is 12.5 Å². The first kappa shape index (κ1) is 14.4. The number of halogens is 3. The molecule has 1 unspecified atom stereocenters. The predicted molar refractivity (Wildman–Crippen MR) is 66.6 cm³/mol. The van der Waals surface area contributed by atoms with Crippen molar-refractivity contribution >= 4 is 40.9 Å². The van der Waals surface area contributed by atoms with Gasteiger partial charge in [-0.2, -0.15) is 0 Å². The smallest absolute Gasteiger partial charge is 0.408 e. The molecule has 0 bridgehead atoms. The van der Waals surface area contributed by atoms with Gasteiger partial charge in [0.15, 0.2) is 4.33 Å². The minimum absolute atomic E-state index is 0.0641. The lowest BCUT2D eigenvalue weighted by Crippen LogP contribution is -2.43. The SMILES string of the molecule is CCOC(=O)NC(n1ccnc1)C(Cl)(Cl)CCl. The lowest BCUT2D eigenvalue weighted by molar-refractivity contribution is 0.142. The number of ether oxygens (including phenoxy) is 1. The molecule has 17 heavy (non-hydrogen) atoms. The van der Waals surface area contributed by atoms with Crippen molar-refractivity contribution in [2.24, 2.45) is 0 Å². The highest BCUT2D eigenvalue weighted by Gasteiger charge is 2.37. The van der Waals surface area contributed by atoms with Gasteiger partial charge in [0.1, 0.15) is 6.17 Å². The monoisotopic (exact) mass is 299 g/mol. The van der Waals surface area contributed by atoms with Crippen LogP contribution in [-0.2, 0) is 4.74 Å². The van der Waals surface area contributed by atoms with E-state index in [0.29, 0.717) is 0 Å². The molecule has 1 amide bonds. The quantitative estimate of drug-likeness (QED) is 0.850. The van der Waals surface area contributed by atoms with Crippen LogP contribution in [0.5, 0.6) is 0 Å². The number of aromatic nitrogens is 2. The lowest BCUT2D eigenvalue weighted by atomic mass is 10.3. The van der Waals surface area contributed by atoms with E-state index in [-0.39, 0.29) is 12.5 Å². The van der Waals surface area contributed by atoms with Gasteiger partial charge < -0.3 is 9.30 Å². The van der Waals surface area contributed by atoms with Crippen LogP contribution in [0.1, 0.15) is 13.1 Å². The molecule has 0 radical (unpaired) electrons. The summed E-state index contributed by atoms with van der Waals surface area (Å²) in [6.45, 7) is 1.95. The number of hydrogen-bond donors (Lipinski definition) is 1. The van der Waals surface area contributed by atoms with Gasteiger partial charge in [0.25, 0.3) is 0 Å². The largest absolute Gasteiger partial charge is 0.450 e. The predicted octanol–water partition coefficient (Wildman–Crippen LogP) is 2.54. The third-order valence-electron chi connectivity index (χ3n) is 1.93. The van der Waals surface area contributed by atoms with E-state index in [0.717, 1.165) is 0 Å². The normalized spacial score (nSPS) is 13.2. The van der Waals surface area contributed by atoms with E-state index in [2.05, 4.69) is 10.3 Å². The molecule has 0 aromatic carbocycles. The summed E-state index contributed by atoms with van der Waals surface area (Å²) in [5, 5.41) is 2.52. The number of nitrogens with zero attached hydrogens (tertiary/aromatic N) is 2. The van der Waals surface area contributed by atoms with Crippen LogP contribution < -0.4 is 5.32 Å². The molecule has 0 aliphatic rings. The van der Waals surface area contributed by atoms with Crippen molar-refractivity contribution in [3.63, 3.8) is 0 Å². The highest BCUT2D eigenvalue weighted by molar-refractivity contribution is 6.51. The fourth-order valence-electron chi connectivity index (χ4n) is 1.18. The molecule has 96 valence electrons. The standard InChI is InChI=1S/C9H12Cl3N3O2/c1-2-17-8(16)14-7(9(11,12)5-10)15-4-3-13-6-15/h3-4,6-7H,2,5H2,1H3,(H,14,16). The zero-order valence-corrected chi connectivity index (χ0v) is 11.3. The maximum Gasteiger partial charge on any atom is 0.408 e. The van der Waals surface area contributed by atoms with Crippen LogP contribution in [0.25, 0.3) is 0 Å². The van der Waals surface area contributed by atoms with E-state index in [9.17, 15) is 4.79 Å². The van der Waals surface area contributed by atoms with Crippen LogP contribution in [0.15, 0.2) is 18.7 Å². The van der Waals surface area contributed by atoms with Gasteiger partial charge in [0, 0.05) is 12.4 Å². The molecule has 0 fully saturated rings. The third-order valence-corrected chi connectivity index (χ3v) is 3.31. The van der Waals surface area contributed by atoms with Gasteiger partial charge in [-0.05, 0) is 6.92 Å². The Morgan fingerprint density at radius 1 is 1.65 bits per heavy atom. The molecule has 0 aliphatic heterocycles. The number of nitrogens with one attached hydrogen (secondary N) is 1. The molecule has 0 saturated heterocycles. The fourth-order valence-corrected chi connectivity index (χ4v) is 1.66. The average molecular weight is 301 g/mol. The number of rotatable bonds is 5. The molecular weight excluding hydrogens is 288 g/mol. The highest BCUT2D eigenvalue weighted by Crippen LogP contribution is 2.33. The van der Waals surface area contributed by atoms with E-state index in [4.69, 9.17) is 39.5 Å². The lowest BCUT2D eigenvalue weighted by Gasteiger charge is -2.29. The van der Waals surface area contributed by atoms with Crippen LogP contribution in [0.2, 0.25) is 0 Å². The Morgan fingerprint density at radius 2 is 2.35 bits per heavy atom. The van der Waals surface area contributed by atoms with Gasteiger partial charge >= 0.3 is 6.09 Å². The molecule has 5 nitrogen and oxygen atoms in total. The van der Waals surface area contributed by atoms with E-state index in [1.807, 2.05) is 0 Å². The molecule has 0 saturated carbocycles. The van der Waals surface area contributed by atoms with E-state index >= 15 is 0 Å². The second-order valence-electron chi connectivity index (χ2n) is 3.17. The Kier molecular flexibility index (Phi) is 5.36. The molecule has 1 aromatic rings. The van der Waals surface area contributed by atoms with Gasteiger partial charge in [-0.25, -0.2) is 9.78 Å². The zero-order chi connectivity index (χ0) is 12.9.